The number of aliphatic hydroxyl groups is 3. The Labute approximate surface area is 114 Å². The first-order valence-corrected chi connectivity index (χ1v) is 6.29. The van der Waals surface area contributed by atoms with Crippen molar-refractivity contribution in [3.63, 3.8) is 0 Å². The quantitative estimate of drug-likeness (QED) is 0.526. The van der Waals surface area contributed by atoms with Crippen LogP contribution in [0.3, 0.4) is 0 Å². The molecule has 0 saturated carbocycles. The van der Waals surface area contributed by atoms with Crippen molar-refractivity contribution >= 4 is 0 Å². The summed E-state index contributed by atoms with van der Waals surface area (Å²) in [5, 5.41) is 30.1. The van der Waals surface area contributed by atoms with Gasteiger partial charge in [-0.25, -0.2) is 4.79 Å². The lowest BCUT2D eigenvalue weighted by Crippen LogP contribution is -2.51. The number of ether oxygens (including phenoxy) is 1. The number of H-pyrrole nitrogens is 1. The second kappa shape index (κ2) is 4.81. The van der Waals surface area contributed by atoms with Gasteiger partial charge in [-0.1, -0.05) is 6.92 Å². The fourth-order valence-electron chi connectivity index (χ4n) is 2.54. The molecular formula is C12H18N2O6. The zero-order valence-electron chi connectivity index (χ0n) is 11.2. The predicted octanol–water partition coefficient (Wildman–Crippen LogP) is -1.68. The fraction of sp³-hybridized carbons (Fsp3) is 0.667. The van der Waals surface area contributed by atoms with E-state index in [-0.39, 0.29) is 6.42 Å². The molecule has 1 saturated heterocycles. The fourth-order valence-corrected chi connectivity index (χ4v) is 2.54. The lowest BCUT2D eigenvalue weighted by molar-refractivity contribution is -0.133. The Kier molecular flexibility index (Phi) is 3.59. The summed E-state index contributed by atoms with van der Waals surface area (Å²) in [5.74, 6) is 0. The van der Waals surface area contributed by atoms with Gasteiger partial charge >= 0.3 is 5.69 Å². The first kappa shape index (κ1) is 14.9. The normalized spacial score (nSPS) is 37.2. The summed E-state index contributed by atoms with van der Waals surface area (Å²) in [6.07, 6.45) is -1.17. The summed E-state index contributed by atoms with van der Waals surface area (Å²) in [7, 11) is 0. The van der Waals surface area contributed by atoms with Crippen LogP contribution in [0.5, 0.6) is 0 Å². The maximum Gasteiger partial charge on any atom is 0.330 e. The van der Waals surface area contributed by atoms with Crippen LogP contribution in [-0.4, -0.2) is 48.8 Å². The van der Waals surface area contributed by atoms with Crippen molar-refractivity contribution in [2.75, 3.05) is 6.61 Å². The molecule has 1 aromatic rings. The summed E-state index contributed by atoms with van der Waals surface area (Å²) in [5.41, 5.74) is -4.49. The van der Waals surface area contributed by atoms with Crippen LogP contribution in [-0.2, 0) is 4.74 Å². The Bertz CT molecular complexity index is 600. The zero-order valence-corrected chi connectivity index (χ0v) is 11.2. The van der Waals surface area contributed by atoms with Crippen LogP contribution in [0.1, 0.15) is 26.5 Å². The van der Waals surface area contributed by atoms with E-state index < -0.39 is 41.4 Å². The minimum Gasteiger partial charge on any atom is -0.393 e. The van der Waals surface area contributed by atoms with E-state index in [0.29, 0.717) is 0 Å². The molecule has 0 radical (unpaired) electrons. The Morgan fingerprint density at radius 3 is 2.60 bits per heavy atom. The van der Waals surface area contributed by atoms with E-state index >= 15 is 0 Å². The molecule has 0 spiro atoms. The average molecular weight is 286 g/mol. The van der Waals surface area contributed by atoms with Gasteiger partial charge in [0, 0.05) is 12.3 Å². The van der Waals surface area contributed by atoms with Crippen molar-refractivity contribution in [2.45, 2.75) is 43.8 Å². The Balaban J connectivity index is 2.52. The van der Waals surface area contributed by atoms with Gasteiger partial charge in [0.1, 0.15) is 17.3 Å². The van der Waals surface area contributed by atoms with Crippen LogP contribution >= 0.6 is 0 Å². The molecule has 0 amide bonds. The van der Waals surface area contributed by atoms with Crippen LogP contribution in [0.2, 0.25) is 0 Å². The molecule has 112 valence electrons. The predicted molar refractivity (Wildman–Crippen MR) is 68.2 cm³/mol. The first-order chi connectivity index (χ1) is 9.28. The van der Waals surface area contributed by atoms with Gasteiger partial charge in [0.25, 0.3) is 5.56 Å². The minimum atomic E-state index is -1.79. The smallest absolute Gasteiger partial charge is 0.330 e. The summed E-state index contributed by atoms with van der Waals surface area (Å²) >= 11 is 0. The number of aromatic nitrogens is 2. The highest BCUT2D eigenvalue weighted by molar-refractivity contribution is 5.08. The van der Waals surface area contributed by atoms with Crippen LogP contribution in [0.4, 0.5) is 0 Å². The molecule has 1 aromatic heterocycles. The summed E-state index contributed by atoms with van der Waals surface area (Å²) < 4.78 is 6.56. The molecular weight excluding hydrogens is 268 g/mol. The largest absolute Gasteiger partial charge is 0.393 e. The Hall–Kier alpha value is -1.48. The Morgan fingerprint density at radius 2 is 2.15 bits per heavy atom. The van der Waals surface area contributed by atoms with E-state index in [9.17, 15) is 24.9 Å². The lowest BCUT2D eigenvalue weighted by atomic mass is 9.86. The highest BCUT2D eigenvalue weighted by Gasteiger charge is 2.60. The van der Waals surface area contributed by atoms with Gasteiger partial charge in [-0.3, -0.25) is 14.3 Å². The van der Waals surface area contributed by atoms with Gasteiger partial charge in [-0.05, 0) is 13.3 Å². The molecule has 20 heavy (non-hydrogen) atoms. The molecule has 8 nitrogen and oxygen atoms in total. The van der Waals surface area contributed by atoms with E-state index in [1.807, 2.05) is 4.98 Å². The van der Waals surface area contributed by atoms with Crippen LogP contribution in [0, 0.1) is 0 Å². The van der Waals surface area contributed by atoms with E-state index in [2.05, 4.69) is 0 Å². The first-order valence-electron chi connectivity index (χ1n) is 6.29. The van der Waals surface area contributed by atoms with Gasteiger partial charge in [-0.2, -0.15) is 0 Å². The zero-order chi connectivity index (χ0) is 15.1. The maximum absolute atomic E-state index is 11.8. The molecule has 0 aliphatic carbocycles. The molecule has 1 aliphatic heterocycles. The number of aliphatic hydroxyl groups excluding tert-OH is 2. The van der Waals surface area contributed by atoms with E-state index in [4.69, 9.17) is 4.74 Å². The van der Waals surface area contributed by atoms with Crippen molar-refractivity contribution in [1.82, 2.24) is 9.55 Å². The second-order valence-electron chi connectivity index (χ2n) is 5.19. The van der Waals surface area contributed by atoms with Crippen molar-refractivity contribution in [2.24, 2.45) is 0 Å². The van der Waals surface area contributed by atoms with Crippen LogP contribution < -0.4 is 11.2 Å². The Morgan fingerprint density at radius 1 is 1.50 bits per heavy atom. The minimum absolute atomic E-state index is 0.245. The molecule has 1 aliphatic rings. The van der Waals surface area contributed by atoms with Gasteiger partial charge in [0.15, 0.2) is 6.23 Å². The van der Waals surface area contributed by atoms with E-state index in [0.717, 1.165) is 10.6 Å². The SMILES string of the molecule is CCC1(CO)OC(n2ccc(=O)[nH]c2=O)C(C)(O)C1O. The topological polar surface area (TPSA) is 125 Å². The van der Waals surface area contributed by atoms with E-state index in [1.54, 1.807) is 6.92 Å². The van der Waals surface area contributed by atoms with Gasteiger partial charge in [0.2, 0.25) is 0 Å². The molecule has 4 N–H and O–H groups in total. The van der Waals surface area contributed by atoms with Crippen molar-refractivity contribution < 1.29 is 20.1 Å². The van der Waals surface area contributed by atoms with E-state index in [1.165, 1.54) is 13.1 Å². The molecule has 2 rings (SSSR count). The second-order valence-corrected chi connectivity index (χ2v) is 5.19. The molecule has 2 heterocycles. The van der Waals surface area contributed by atoms with Crippen molar-refractivity contribution in [1.29, 1.82) is 0 Å². The number of hydrogen-bond donors (Lipinski definition) is 4. The molecule has 4 unspecified atom stereocenters. The third-order valence-electron chi connectivity index (χ3n) is 3.87. The molecule has 4 atom stereocenters. The third-order valence-corrected chi connectivity index (χ3v) is 3.87. The average Bonchev–Trinajstić information content (AvgIpc) is 2.60. The number of hydrogen-bond acceptors (Lipinski definition) is 6. The number of nitrogens with zero attached hydrogens (tertiary/aromatic N) is 1. The molecule has 0 bridgehead atoms. The van der Waals surface area contributed by atoms with Crippen LogP contribution in [0.15, 0.2) is 21.9 Å². The van der Waals surface area contributed by atoms with Crippen LogP contribution in [0.25, 0.3) is 0 Å². The van der Waals surface area contributed by atoms with Gasteiger partial charge < -0.3 is 20.1 Å². The summed E-state index contributed by atoms with van der Waals surface area (Å²) in [6.45, 7) is 2.50. The number of aromatic amines is 1. The lowest BCUT2D eigenvalue weighted by Gasteiger charge is -2.30. The third kappa shape index (κ3) is 2.01. The van der Waals surface area contributed by atoms with Gasteiger partial charge in [0.05, 0.1) is 6.61 Å². The van der Waals surface area contributed by atoms with Crippen molar-refractivity contribution in [3.8, 4) is 0 Å². The van der Waals surface area contributed by atoms with Crippen molar-refractivity contribution in [3.05, 3.63) is 33.1 Å². The highest BCUT2D eigenvalue weighted by atomic mass is 16.6. The molecule has 0 aromatic carbocycles. The molecule has 1 fully saturated rings. The molecule has 8 heteroatoms. The maximum atomic E-state index is 11.8. The summed E-state index contributed by atoms with van der Waals surface area (Å²) in [4.78, 5) is 24.9. The monoisotopic (exact) mass is 286 g/mol. The number of rotatable bonds is 3. The summed E-state index contributed by atoms with van der Waals surface area (Å²) in [6, 6.07) is 1.11. The number of nitrogens with one attached hydrogen (secondary N) is 1. The highest BCUT2D eigenvalue weighted by Crippen LogP contribution is 2.44. The van der Waals surface area contributed by atoms with Gasteiger partial charge in [-0.15, -0.1) is 0 Å². The standard InChI is InChI=1S/C12H18N2O6/c1-3-12(6-15)8(17)11(2,19)9(20-12)14-5-4-7(16)13-10(14)18/h4-5,8-9,15,17,19H,3,6H2,1-2H3,(H,13,16,18).